The summed E-state index contributed by atoms with van der Waals surface area (Å²) < 4.78 is 5.54. The molecule has 1 aromatic carbocycles. The monoisotopic (exact) mass is 287 g/mol. The molecule has 0 atom stereocenters. The van der Waals surface area contributed by atoms with Crippen LogP contribution in [0.25, 0.3) is 0 Å². The first-order chi connectivity index (χ1) is 8.77. The molecule has 0 aliphatic heterocycles. The van der Waals surface area contributed by atoms with Gasteiger partial charge in [-0.2, -0.15) is 11.8 Å². The zero-order valence-electron chi connectivity index (χ0n) is 11.2. The number of nitrogens with one attached hydrogen (secondary N) is 1. The second-order valence-electron chi connectivity index (χ2n) is 3.97. The van der Waals surface area contributed by atoms with E-state index in [9.17, 15) is 0 Å². The molecule has 0 unspecified atom stereocenters. The van der Waals surface area contributed by atoms with E-state index in [1.165, 1.54) is 17.9 Å². The zero-order valence-corrected chi connectivity index (χ0v) is 12.7. The molecule has 0 bridgehead atoms. The summed E-state index contributed by atoms with van der Waals surface area (Å²) in [7, 11) is 0. The van der Waals surface area contributed by atoms with E-state index in [4.69, 9.17) is 16.3 Å². The Morgan fingerprint density at radius 3 is 2.83 bits per heavy atom. The summed E-state index contributed by atoms with van der Waals surface area (Å²) in [4.78, 5) is 0. The lowest BCUT2D eigenvalue weighted by Crippen LogP contribution is -2.03. The van der Waals surface area contributed by atoms with E-state index >= 15 is 0 Å². The van der Waals surface area contributed by atoms with Crippen LogP contribution in [-0.2, 0) is 0 Å². The highest BCUT2D eigenvalue weighted by molar-refractivity contribution is 7.99. The predicted molar refractivity (Wildman–Crippen MR) is 83.3 cm³/mol. The molecule has 0 radical (unpaired) electrons. The third-order valence-electron chi connectivity index (χ3n) is 2.39. The van der Waals surface area contributed by atoms with Gasteiger partial charge in [-0.1, -0.05) is 25.4 Å². The van der Waals surface area contributed by atoms with Gasteiger partial charge in [0.25, 0.3) is 0 Å². The van der Waals surface area contributed by atoms with E-state index in [-0.39, 0.29) is 0 Å². The molecule has 1 rings (SSSR count). The van der Waals surface area contributed by atoms with Crippen LogP contribution < -0.4 is 10.1 Å². The summed E-state index contributed by atoms with van der Waals surface area (Å²) in [5, 5.41) is 4.05. The lowest BCUT2D eigenvalue weighted by molar-refractivity contribution is 0.317. The molecule has 0 aliphatic rings. The van der Waals surface area contributed by atoms with Crippen molar-refractivity contribution in [2.24, 2.45) is 0 Å². The topological polar surface area (TPSA) is 21.3 Å². The van der Waals surface area contributed by atoms with Crippen LogP contribution >= 0.6 is 23.4 Å². The quantitative estimate of drug-likeness (QED) is 0.666. The van der Waals surface area contributed by atoms with Gasteiger partial charge in [0.1, 0.15) is 5.75 Å². The number of rotatable bonds is 9. The maximum absolute atomic E-state index is 6.16. The first kappa shape index (κ1) is 15.5. The van der Waals surface area contributed by atoms with Crippen molar-refractivity contribution in [1.82, 2.24) is 0 Å². The van der Waals surface area contributed by atoms with Crippen LogP contribution in [0.5, 0.6) is 5.75 Å². The zero-order chi connectivity index (χ0) is 13.2. The average Bonchev–Trinajstić information content (AvgIpc) is 2.37. The number of hydrogen-bond acceptors (Lipinski definition) is 3. The molecule has 18 heavy (non-hydrogen) atoms. The number of anilines is 1. The van der Waals surface area contributed by atoms with Crippen molar-refractivity contribution >= 4 is 29.1 Å². The van der Waals surface area contributed by atoms with Crippen LogP contribution in [0, 0.1) is 0 Å². The Morgan fingerprint density at radius 1 is 1.33 bits per heavy atom. The largest absolute Gasteiger partial charge is 0.492 e. The Kier molecular flexibility index (Phi) is 8.10. The van der Waals surface area contributed by atoms with Gasteiger partial charge in [-0.05, 0) is 42.5 Å². The van der Waals surface area contributed by atoms with Crippen LogP contribution in [-0.4, -0.2) is 24.7 Å². The van der Waals surface area contributed by atoms with Crippen LogP contribution in [0.2, 0.25) is 5.02 Å². The van der Waals surface area contributed by atoms with Crippen molar-refractivity contribution in [3.63, 3.8) is 0 Å². The Labute approximate surface area is 119 Å². The SMILES string of the molecule is CCCOc1ccc(NCCCSCC)cc1Cl. The minimum Gasteiger partial charge on any atom is -0.492 e. The molecule has 1 N–H and O–H groups in total. The van der Waals surface area contributed by atoms with Crippen molar-refractivity contribution in [2.75, 3.05) is 30.0 Å². The Balaban J connectivity index is 2.36. The fourth-order valence-corrected chi connectivity index (χ4v) is 2.36. The maximum Gasteiger partial charge on any atom is 0.138 e. The van der Waals surface area contributed by atoms with E-state index in [2.05, 4.69) is 19.2 Å². The molecule has 0 saturated heterocycles. The summed E-state index contributed by atoms with van der Waals surface area (Å²) in [6.07, 6.45) is 2.16. The molecule has 4 heteroatoms. The second-order valence-corrected chi connectivity index (χ2v) is 5.77. The van der Waals surface area contributed by atoms with Crippen molar-refractivity contribution in [3.05, 3.63) is 23.2 Å². The summed E-state index contributed by atoms with van der Waals surface area (Å²) in [6.45, 7) is 5.96. The van der Waals surface area contributed by atoms with Gasteiger partial charge in [-0.25, -0.2) is 0 Å². The Morgan fingerprint density at radius 2 is 2.17 bits per heavy atom. The normalized spacial score (nSPS) is 10.4. The lowest BCUT2D eigenvalue weighted by atomic mass is 10.3. The molecule has 0 aliphatic carbocycles. The predicted octanol–water partition coefficient (Wildman–Crippen LogP) is 4.68. The first-order valence-corrected chi connectivity index (χ1v) is 8.05. The van der Waals surface area contributed by atoms with Crippen LogP contribution in [0.3, 0.4) is 0 Å². The second kappa shape index (κ2) is 9.40. The fraction of sp³-hybridized carbons (Fsp3) is 0.571. The van der Waals surface area contributed by atoms with Crippen LogP contribution in [0.1, 0.15) is 26.7 Å². The number of benzene rings is 1. The molecule has 0 spiro atoms. The number of hydrogen-bond donors (Lipinski definition) is 1. The third kappa shape index (κ3) is 5.87. The van der Waals surface area contributed by atoms with Gasteiger partial charge in [-0.3, -0.25) is 0 Å². The van der Waals surface area contributed by atoms with Crippen molar-refractivity contribution in [3.8, 4) is 5.75 Å². The van der Waals surface area contributed by atoms with Crippen molar-refractivity contribution < 1.29 is 4.74 Å². The van der Waals surface area contributed by atoms with E-state index < -0.39 is 0 Å². The molecule has 0 saturated carbocycles. The summed E-state index contributed by atoms with van der Waals surface area (Å²) >= 11 is 8.13. The third-order valence-corrected chi connectivity index (χ3v) is 3.67. The van der Waals surface area contributed by atoms with E-state index in [1.54, 1.807) is 0 Å². The molecule has 0 heterocycles. The number of thioether (sulfide) groups is 1. The van der Waals surface area contributed by atoms with E-state index in [1.807, 2.05) is 30.0 Å². The minimum atomic E-state index is 0.677. The van der Waals surface area contributed by atoms with Crippen LogP contribution in [0.15, 0.2) is 18.2 Å². The van der Waals surface area contributed by atoms with Crippen molar-refractivity contribution in [1.29, 1.82) is 0 Å². The maximum atomic E-state index is 6.16. The summed E-state index contributed by atoms with van der Waals surface area (Å²) in [5.74, 6) is 3.16. The molecule has 2 nitrogen and oxygen atoms in total. The standard InChI is InChI=1S/C14H22ClNOS/c1-3-9-17-14-7-6-12(11-13(14)15)16-8-5-10-18-4-2/h6-7,11,16H,3-5,8-10H2,1-2H3. The smallest absolute Gasteiger partial charge is 0.138 e. The minimum absolute atomic E-state index is 0.677. The van der Waals surface area contributed by atoms with Gasteiger partial charge in [0.15, 0.2) is 0 Å². The molecule has 0 aromatic heterocycles. The van der Waals surface area contributed by atoms with Gasteiger partial charge in [0.05, 0.1) is 11.6 Å². The molecule has 102 valence electrons. The van der Waals surface area contributed by atoms with E-state index in [0.29, 0.717) is 11.6 Å². The van der Waals surface area contributed by atoms with Gasteiger partial charge < -0.3 is 10.1 Å². The molecule has 0 fully saturated rings. The molecule has 1 aromatic rings. The summed E-state index contributed by atoms with van der Waals surface area (Å²) in [6, 6.07) is 5.88. The number of ether oxygens (including phenoxy) is 1. The molecule has 0 amide bonds. The Hall–Kier alpha value is -0.540. The fourth-order valence-electron chi connectivity index (χ4n) is 1.49. The highest BCUT2D eigenvalue weighted by Crippen LogP contribution is 2.27. The Bertz CT molecular complexity index is 347. The van der Waals surface area contributed by atoms with Gasteiger partial charge in [0, 0.05) is 12.2 Å². The average molecular weight is 288 g/mol. The van der Waals surface area contributed by atoms with E-state index in [0.717, 1.165) is 24.4 Å². The molecular formula is C14H22ClNOS. The summed E-state index contributed by atoms with van der Waals surface area (Å²) in [5.41, 5.74) is 1.06. The van der Waals surface area contributed by atoms with Gasteiger partial charge in [0.2, 0.25) is 0 Å². The van der Waals surface area contributed by atoms with Crippen molar-refractivity contribution in [2.45, 2.75) is 26.7 Å². The van der Waals surface area contributed by atoms with Gasteiger partial charge >= 0.3 is 0 Å². The lowest BCUT2D eigenvalue weighted by Gasteiger charge is -2.10. The molecular weight excluding hydrogens is 266 g/mol. The highest BCUT2D eigenvalue weighted by atomic mass is 35.5. The first-order valence-electron chi connectivity index (χ1n) is 6.51. The number of halogens is 1. The van der Waals surface area contributed by atoms with Gasteiger partial charge in [-0.15, -0.1) is 0 Å². The van der Waals surface area contributed by atoms with Crippen LogP contribution in [0.4, 0.5) is 5.69 Å². The highest BCUT2D eigenvalue weighted by Gasteiger charge is 2.02.